The summed E-state index contributed by atoms with van der Waals surface area (Å²) in [4.78, 5) is 2.39. The average molecular weight is 791 g/mol. The van der Waals surface area contributed by atoms with Gasteiger partial charge in [-0.3, -0.25) is 0 Å². The molecule has 0 saturated heterocycles. The van der Waals surface area contributed by atoms with E-state index in [-0.39, 0.29) is 0 Å². The molecular weight excluding hydrogens is 749 g/mol. The summed E-state index contributed by atoms with van der Waals surface area (Å²) < 4.78 is 2.43. The molecule has 2 heteroatoms. The van der Waals surface area contributed by atoms with E-state index in [0.717, 1.165) is 33.9 Å². The van der Waals surface area contributed by atoms with Crippen LogP contribution >= 0.6 is 0 Å². The molecule has 0 N–H and O–H groups in total. The van der Waals surface area contributed by atoms with Crippen LogP contribution in [0.15, 0.2) is 255 Å². The van der Waals surface area contributed by atoms with E-state index in [4.69, 9.17) is 0 Å². The van der Waals surface area contributed by atoms with Gasteiger partial charge in [-0.05, 0) is 105 Å². The maximum Gasteiger partial charge on any atom is 0.0541 e. The lowest BCUT2D eigenvalue weighted by Crippen LogP contribution is -2.10. The van der Waals surface area contributed by atoms with Gasteiger partial charge in [0.05, 0.1) is 16.7 Å². The summed E-state index contributed by atoms with van der Waals surface area (Å²) in [5.74, 6) is 0. The van der Waals surface area contributed by atoms with Crippen molar-refractivity contribution in [1.82, 2.24) is 4.57 Å². The third-order valence-corrected chi connectivity index (χ3v) is 12.0. The van der Waals surface area contributed by atoms with Gasteiger partial charge in [0.1, 0.15) is 0 Å². The van der Waals surface area contributed by atoms with Gasteiger partial charge in [-0.1, -0.05) is 200 Å². The third-order valence-electron chi connectivity index (χ3n) is 12.0. The molecule has 0 fully saturated rings. The molecule has 0 aliphatic rings. The predicted molar refractivity (Wildman–Crippen MR) is 263 cm³/mol. The lowest BCUT2D eigenvalue weighted by atomic mass is 9.92. The number of benzene rings is 10. The molecule has 0 radical (unpaired) electrons. The van der Waals surface area contributed by atoms with Gasteiger partial charge in [0.2, 0.25) is 0 Å². The fraction of sp³-hybridized carbons (Fsp3) is 0. The number of nitrogens with zero attached hydrogens (tertiary/aromatic N) is 2. The van der Waals surface area contributed by atoms with E-state index >= 15 is 0 Å². The Bertz CT molecular complexity index is 3260. The number of hydrogen-bond acceptors (Lipinski definition) is 1. The highest BCUT2D eigenvalue weighted by atomic mass is 15.1. The van der Waals surface area contributed by atoms with Gasteiger partial charge < -0.3 is 9.47 Å². The number of anilines is 3. The number of para-hydroxylation sites is 3. The molecule has 1 heterocycles. The molecule has 0 aliphatic heterocycles. The summed E-state index contributed by atoms with van der Waals surface area (Å²) in [6, 6.07) is 92.1. The summed E-state index contributed by atoms with van der Waals surface area (Å²) in [5.41, 5.74) is 18.6. The van der Waals surface area contributed by atoms with Crippen molar-refractivity contribution in [3.8, 4) is 61.3 Å². The number of hydrogen-bond donors (Lipinski definition) is 0. The molecule has 11 rings (SSSR count). The SMILES string of the molecule is c1ccc(-c2ccc(-c3ccc(N(c4cccc(-c5ccccc5)c4)c4ccc(-c5ccccc5-n5c6ccccc6c6ccccc65)c(-c5ccccc5)c4)cc3)cc2)cc1. The van der Waals surface area contributed by atoms with Gasteiger partial charge in [-0.2, -0.15) is 0 Å². The Morgan fingerprint density at radius 2 is 0.677 bits per heavy atom. The van der Waals surface area contributed by atoms with Crippen LogP contribution in [-0.2, 0) is 0 Å². The monoisotopic (exact) mass is 790 g/mol. The molecule has 0 unspecified atom stereocenters. The minimum Gasteiger partial charge on any atom is -0.310 e. The van der Waals surface area contributed by atoms with Crippen LogP contribution in [0, 0.1) is 0 Å². The zero-order chi connectivity index (χ0) is 41.2. The van der Waals surface area contributed by atoms with E-state index in [1.807, 2.05) is 0 Å². The minimum atomic E-state index is 1.08. The third kappa shape index (κ3) is 6.84. The first-order valence-corrected chi connectivity index (χ1v) is 21.3. The van der Waals surface area contributed by atoms with E-state index < -0.39 is 0 Å². The van der Waals surface area contributed by atoms with E-state index in [1.165, 1.54) is 66.3 Å². The molecule has 0 amide bonds. The maximum absolute atomic E-state index is 2.43. The molecule has 2 nitrogen and oxygen atoms in total. The van der Waals surface area contributed by atoms with Crippen molar-refractivity contribution in [3.05, 3.63) is 255 Å². The van der Waals surface area contributed by atoms with Gasteiger partial charge in [-0.25, -0.2) is 0 Å². The van der Waals surface area contributed by atoms with Crippen molar-refractivity contribution in [2.24, 2.45) is 0 Å². The molecule has 0 atom stereocenters. The van der Waals surface area contributed by atoms with Gasteiger partial charge in [0, 0.05) is 33.4 Å². The molecule has 0 aliphatic carbocycles. The molecule has 62 heavy (non-hydrogen) atoms. The van der Waals surface area contributed by atoms with Crippen LogP contribution in [0.5, 0.6) is 0 Å². The first-order chi connectivity index (χ1) is 30.8. The second-order valence-electron chi connectivity index (χ2n) is 15.7. The van der Waals surface area contributed by atoms with Crippen LogP contribution in [0.4, 0.5) is 17.1 Å². The maximum atomic E-state index is 2.43. The quantitative estimate of drug-likeness (QED) is 0.141. The van der Waals surface area contributed by atoms with Crippen molar-refractivity contribution >= 4 is 38.9 Å². The largest absolute Gasteiger partial charge is 0.310 e. The number of aromatic nitrogens is 1. The molecule has 1 aromatic heterocycles. The highest BCUT2D eigenvalue weighted by Gasteiger charge is 2.20. The van der Waals surface area contributed by atoms with Crippen molar-refractivity contribution in [2.45, 2.75) is 0 Å². The summed E-state index contributed by atoms with van der Waals surface area (Å²) in [5, 5.41) is 2.50. The Morgan fingerprint density at radius 3 is 1.29 bits per heavy atom. The van der Waals surface area contributed by atoms with Crippen molar-refractivity contribution < 1.29 is 0 Å². The number of fused-ring (bicyclic) bond motifs is 3. The second kappa shape index (κ2) is 16.1. The van der Waals surface area contributed by atoms with Crippen LogP contribution in [-0.4, -0.2) is 4.57 Å². The second-order valence-corrected chi connectivity index (χ2v) is 15.7. The molecule has 0 spiro atoms. The van der Waals surface area contributed by atoms with Crippen LogP contribution in [0.1, 0.15) is 0 Å². The fourth-order valence-electron chi connectivity index (χ4n) is 9.03. The van der Waals surface area contributed by atoms with Gasteiger partial charge in [0.25, 0.3) is 0 Å². The molecule has 292 valence electrons. The Balaban J connectivity index is 1.07. The minimum absolute atomic E-state index is 1.08. The van der Waals surface area contributed by atoms with Crippen molar-refractivity contribution in [1.29, 1.82) is 0 Å². The Labute approximate surface area is 362 Å². The first-order valence-electron chi connectivity index (χ1n) is 21.3. The Morgan fingerprint density at radius 1 is 0.242 bits per heavy atom. The standard InChI is InChI=1S/C60H42N2/c1-4-17-43(18-5-1)45-31-33-46(34-32-45)47-35-37-50(38-36-47)61(51-24-16-23-49(41-51)44-19-6-2-7-20-44)52-39-40-53(57(42-52)48-21-8-3-9-22-48)54-25-10-13-28-58(54)62-59-29-14-11-26-55(59)56-27-12-15-30-60(56)62/h1-42H. The van der Waals surface area contributed by atoms with Gasteiger partial charge >= 0.3 is 0 Å². The zero-order valence-electron chi connectivity index (χ0n) is 34.1. The molecular formula is C60H42N2. The van der Waals surface area contributed by atoms with Crippen molar-refractivity contribution in [3.63, 3.8) is 0 Å². The highest BCUT2D eigenvalue weighted by molar-refractivity contribution is 6.10. The lowest BCUT2D eigenvalue weighted by Gasteiger charge is -2.28. The van der Waals surface area contributed by atoms with E-state index in [0.29, 0.717) is 0 Å². The topological polar surface area (TPSA) is 8.17 Å². The van der Waals surface area contributed by atoms with Crippen LogP contribution < -0.4 is 4.90 Å². The van der Waals surface area contributed by atoms with Crippen LogP contribution in [0.2, 0.25) is 0 Å². The molecule has 11 aromatic rings. The highest BCUT2D eigenvalue weighted by Crippen LogP contribution is 2.44. The van der Waals surface area contributed by atoms with E-state index in [9.17, 15) is 0 Å². The van der Waals surface area contributed by atoms with E-state index in [2.05, 4.69) is 264 Å². The summed E-state index contributed by atoms with van der Waals surface area (Å²) in [6.07, 6.45) is 0. The zero-order valence-corrected chi connectivity index (χ0v) is 34.1. The first kappa shape index (κ1) is 36.8. The lowest BCUT2D eigenvalue weighted by molar-refractivity contribution is 1.18. The smallest absolute Gasteiger partial charge is 0.0541 e. The van der Waals surface area contributed by atoms with Gasteiger partial charge in [0.15, 0.2) is 0 Å². The summed E-state index contributed by atoms with van der Waals surface area (Å²) in [7, 11) is 0. The number of rotatable bonds is 9. The van der Waals surface area contributed by atoms with Crippen LogP contribution in [0.25, 0.3) is 83.1 Å². The molecule has 10 aromatic carbocycles. The van der Waals surface area contributed by atoms with Gasteiger partial charge in [-0.15, -0.1) is 0 Å². The summed E-state index contributed by atoms with van der Waals surface area (Å²) in [6.45, 7) is 0. The normalized spacial score (nSPS) is 11.2. The Kier molecular flexibility index (Phi) is 9.57. The molecule has 0 saturated carbocycles. The average Bonchev–Trinajstić information content (AvgIpc) is 3.69. The van der Waals surface area contributed by atoms with Crippen LogP contribution in [0.3, 0.4) is 0 Å². The van der Waals surface area contributed by atoms with E-state index in [1.54, 1.807) is 0 Å². The summed E-state index contributed by atoms with van der Waals surface area (Å²) >= 11 is 0. The van der Waals surface area contributed by atoms with Crippen molar-refractivity contribution in [2.75, 3.05) is 4.90 Å². The fourth-order valence-corrected chi connectivity index (χ4v) is 9.03. The molecule has 0 bridgehead atoms. The Hall–Kier alpha value is -8.20. The predicted octanol–water partition coefficient (Wildman–Crippen LogP) is 16.6.